The van der Waals surface area contributed by atoms with Crippen LogP contribution in [0.5, 0.6) is 0 Å². The van der Waals surface area contributed by atoms with Gasteiger partial charge in [-0.3, -0.25) is 9.59 Å². The summed E-state index contributed by atoms with van der Waals surface area (Å²) in [7, 11) is 1.29. The summed E-state index contributed by atoms with van der Waals surface area (Å²) in [6, 6.07) is 7.90. The number of amides is 2. The fourth-order valence-electron chi connectivity index (χ4n) is 5.55. The number of cyclic esters (lactones) is 1. The van der Waals surface area contributed by atoms with Crippen molar-refractivity contribution >= 4 is 35.3 Å². The minimum absolute atomic E-state index is 0.00868. The van der Waals surface area contributed by atoms with Crippen molar-refractivity contribution < 1.29 is 37.0 Å². The first-order valence-corrected chi connectivity index (χ1v) is 14.2. The number of esters is 1. The van der Waals surface area contributed by atoms with Gasteiger partial charge in [0, 0.05) is 47.5 Å². The molecule has 8 nitrogen and oxygen atoms in total. The SMILES string of the molecule is COC(=O)Cc1ccc2c(c1)NC(=O)C(C)CCC[C@H](N1CC[C@H](c3c(F)ccc(Cl)c3F)OC1=O)c1cc-2cnc1F. The number of aromatic nitrogens is 1. The summed E-state index contributed by atoms with van der Waals surface area (Å²) in [5.74, 6) is -3.78. The Morgan fingerprint density at radius 3 is 2.67 bits per heavy atom. The summed E-state index contributed by atoms with van der Waals surface area (Å²) in [5.41, 5.74) is 1.74. The molecule has 1 fully saturated rings. The van der Waals surface area contributed by atoms with E-state index in [9.17, 15) is 23.2 Å². The van der Waals surface area contributed by atoms with Crippen molar-refractivity contribution in [2.45, 2.75) is 51.2 Å². The van der Waals surface area contributed by atoms with Gasteiger partial charge in [0.15, 0.2) is 5.82 Å². The van der Waals surface area contributed by atoms with Gasteiger partial charge in [-0.1, -0.05) is 37.1 Å². The average molecular weight is 616 g/mol. The van der Waals surface area contributed by atoms with Crippen molar-refractivity contribution in [1.82, 2.24) is 9.88 Å². The van der Waals surface area contributed by atoms with E-state index in [-0.39, 0.29) is 42.3 Å². The van der Waals surface area contributed by atoms with E-state index in [1.807, 2.05) is 0 Å². The number of hydrogen-bond acceptors (Lipinski definition) is 6. The summed E-state index contributed by atoms with van der Waals surface area (Å²) < 4.78 is 54.8. The Morgan fingerprint density at radius 1 is 1.14 bits per heavy atom. The van der Waals surface area contributed by atoms with E-state index < -0.39 is 53.3 Å². The molecular weight excluding hydrogens is 587 g/mol. The monoisotopic (exact) mass is 615 g/mol. The highest BCUT2D eigenvalue weighted by molar-refractivity contribution is 6.30. The largest absolute Gasteiger partial charge is 0.469 e. The second-order valence-electron chi connectivity index (χ2n) is 10.7. The zero-order valence-corrected chi connectivity index (χ0v) is 24.2. The number of carbonyl (C=O) groups excluding carboxylic acids is 3. The van der Waals surface area contributed by atoms with Crippen LogP contribution in [0.4, 0.5) is 23.7 Å². The highest BCUT2D eigenvalue weighted by atomic mass is 35.5. The molecule has 2 aromatic carbocycles. The highest BCUT2D eigenvalue weighted by Gasteiger charge is 2.37. The van der Waals surface area contributed by atoms with Crippen LogP contribution in [-0.2, 0) is 25.5 Å². The van der Waals surface area contributed by atoms with E-state index in [4.69, 9.17) is 21.1 Å². The molecule has 5 rings (SSSR count). The van der Waals surface area contributed by atoms with Crippen LogP contribution in [-0.4, -0.2) is 41.5 Å². The summed E-state index contributed by atoms with van der Waals surface area (Å²) in [5, 5.41) is 2.63. The molecule has 1 unspecified atom stereocenters. The normalized spacial score (nSPS) is 20.7. The van der Waals surface area contributed by atoms with Crippen LogP contribution in [0.25, 0.3) is 11.1 Å². The van der Waals surface area contributed by atoms with E-state index in [2.05, 4.69) is 10.3 Å². The molecule has 0 radical (unpaired) electrons. The number of nitrogens with zero attached hydrogens (tertiary/aromatic N) is 2. The predicted molar refractivity (Wildman–Crippen MR) is 152 cm³/mol. The van der Waals surface area contributed by atoms with Crippen LogP contribution in [0.1, 0.15) is 61.4 Å². The van der Waals surface area contributed by atoms with Gasteiger partial charge in [0.2, 0.25) is 11.9 Å². The molecule has 2 amide bonds. The maximum Gasteiger partial charge on any atom is 0.410 e. The van der Waals surface area contributed by atoms with Gasteiger partial charge in [0.1, 0.15) is 11.9 Å². The highest BCUT2D eigenvalue weighted by Crippen LogP contribution is 2.40. The minimum atomic E-state index is -1.21. The lowest BCUT2D eigenvalue weighted by atomic mass is 9.92. The second kappa shape index (κ2) is 12.6. The quantitative estimate of drug-likeness (QED) is 0.194. The minimum Gasteiger partial charge on any atom is -0.469 e. The predicted octanol–water partition coefficient (Wildman–Crippen LogP) is 6.92. The van der Waals surface area contributed by atoms with Crippen LogP contribution < -0.4 is 5.32 Å². The molecule has 226 valence electrons. The molecule has 2 bridgehead atoms. The van der Waals surface area contributed by atoms with Crippen LogP contribution in [0, 0.1) is 23.5 Å². The van der Waals surface area contributed by atoms with Crippen molar-refractivity contribution in [2.75, 3.05) is 19.0 Å². The molecule has 0 aliphatic carbocycles. The second-order valence-corrected chi connectivity index (χ2v) is 11.1. The molecule has 3 heterocycles. The Bertz CT molecular complexity index is 1590. The maximum atomic E-state index is 15.4. The molecule has 43 heavy (non-hydrogen) atoms. The Balaban J connectivity index is 1.51. The standard InChI is InChI=1S/C31H29ClF3N3O5/c1-16-4-3-5-24(38-11-10-25(43-31(38)41)27-22(33)9-8-21(32)28(27)34)20-14-18(15-36-29(20)35)19-7-6-17(13-26(39)42-2)12-23(19)37-30(16)40/h6-9,12,14-16,24-25H,3-5,10-11,13H2,1-2H3,(H,37,40)/t16?,24-,25+/m0/s1. The number of ether oxygens (including phenoxy) is 2. The maximum absolute atomic E-state index is 15.4. The number of nitrogens with one attached hydrogen (secondary N) is 1. The molecule has 0 saturated carbocycles. The molecule has 1 N–H and O–H groups in total. The van der Waals surface area contributed by atoms with Crippen molar-refractivity contribution in [3.05, 3.63) is 81.9 Å². The summed E-state index contributed by atoms with van der Waals surface area (Å²) in [6.45, 7) is 1.79. The fraction of sp³-hybridized carbons (Fsp3) is 0.355. The number of rotatable bonds is 4. The van der Waals surface area contributed by atoms with Crippen LogP contribution in [0.3, 0.4) is 0 Å². The Labute approximate surface area is 251 Å². The third kappa shape index (κ3) is 6.31. The fourth-order valence-corrected chi connectivity index (χ4v) is 5.71. The number of pyridine rings is 1. The van der Waals surface area contributed by atoms with Gasteiger partial charge in [-0.05, 0) is 42.7 Å². The van der Waals surface area contributed by atoms with E-state index in [0.29, 0.717) is 35.2 Å². The van der Waals surface area contributed by atoms with Crippen molar-refractivity contribution in [3.63, 3.8) is 0 Å². The number of anilines is 1. The topological polar surface area (TPSA) is 97.8 Å². The smallest absolute Gasteiger partial charge is 0.410 e. The molecule has 2 aliphatic heterocycles. The third-order valence-corrected chi connectivity index (χ3v) is 8.20. The molecule has 1 aromatic heterocycles. The lowest BCUT2D eigenvalue weighted by Crippen LogP contribution is -2.42. The Hall–Kier alpha value is -4.12. The molecule has 12 heteroatoms. The first-order valence-electron chi connectivity index (χ1n) is 13.8. The number of carbonyl (C=O) groups is 3. The molecule has 1 saturated heterocycles. The molecule has 2 aliphatic rings. The number of benzene rings is 2. The average Bonchev–Trinajstić information content (AvgIpc) is 2.98. The first-order chi connectivity index (χ1) is 20.6. The lowest BCUT2D eigenvalue weighted by molar-refractivity contribution is -0.139. The van der Waals surface area contributed by atoms with Crippen molar-refractivity contribution in [3.8, 4) is 11.1 Å². The number of halogens is 4. The van der Waals surface area contributed by atoms with Gasteiger partial charge in [0.05, 0.1) is 30.2 Å². The van der Waals surface area contributed by atoms with Gasteiger partial charge < -0.3 is 19.7 Å². The van der Waals surface area contributed by atoms with Gasteiger partial charge in [-0.2, -0.15) is 4.39 Å². The molecular formula is C31H29ClF3N3O5. The van der Waals surface area contributed by atoms with E-state index in [1.165, 1.54) is 18.2 Å². The molecule has 3 aromatic rings. The van der Waals surface area contributed by atoms with Crippen molar-refractivity contribution in [1.29, 1.82) is 0 Å². The first kappa shape index (κ1) is 30.3. The van der Waals surface area contributed by atoms with Crippen molar-refractivity contribution in [2.24, 2.45) is 5.92 Å². The number of hydrogen-bond donors (Lipinski definition) is 1. The van der Waals surface area contributed by atoms with E-state index >= 15 is 4.39 Å². The number of fused-ring (bicyclic) bond motifs is 4. The number of methoxy groups -OCH3 is 1. The zero-order chi connectivity index (χ0) is 30.8. The van der Waals surface area contributed by atoms with Crippen LogP contribution in [0.15, 0.2) is 42.6 Å². The Kier molecular flexibility index (Phi) is 8.91. The van der Waals surface area contributed by atoms with Gasteiger partial charge in [-0.25, -0.2) is 18.6 Å². The summed E-state index contributed by atoms with van der Waals surface area (Å²) >= 11 is 5.84. The van der Waals surface area contributed by atoms with Crippen LogP contribution >= 0.6 is 11.6 Å². The molecule has 3 atom stereocenters. The van der Waals surface area contributed by atoms with Gasteiger partial charge in [-0.15, -0.1) is 0 Å². The van der Waals surface area contributed by atoms with Gasteiger partial charge >= 0.3 is 12.1 Å². The molecule has 0 spiro atoms. The lowest BCUT2D eigenvalue weighted by Gasteiger charge is -2.38. The third-order valence-electron chi connectivity index (χ3n) is 7.90. The van der Waals surface area contributed by atoms with E-state index in [0.717, 1.165) is 12.1 Å². The van der Waals surface area contributed by atoms with E-state index in [1.54, 1.807) is 31.2 Å². The zero-order valence-electron chi connectivity index (χ0n) is 23.5. The summed E-state index contributed by atoms with van der Waals surface area (Å²) in [4.78, 5) is 43.6. The van der Waals surface area contributed by atoms with Crippen LogP contribution in [0.2, 0.25) is 5.02 Å². The summed E-state index contributed by atoms with van der Waals surface area (Å²) in [6.07, 6.45) is 0.437. The van der Waals surface area contributed by atoms with Gasteiger partial charge in [0.25, 0.3) is 0 Å². The Morgan fingerprint density at radius 2 is 1.93 bits per heavy atom.